The van der Waals surface area contributed by atoms with Gasteiger partial charge in [0.2, 0.25) is 0 Å². The summed E-state index contributed by atoms with van der Waals surface area (Å²) in [5.74, 6) is 1.34. The molecule has 0 bridgehead atoms. The van der Waals surface area contributed by atoms with Crippen LogP contribution in [0.25, 0.3) is 0 Å². The monoisotopic (exact) mass is 213 g/mol. The second-order valence-electron chi connectivity index (χ2n) is 3.64. The molecule has 0 aromatic heterocycles. The molecule has 0 saturated heterocycles. The van der Waals surface area contributed by atoms with Crippen molar-refractivity contribution in [1.29, 1.82) is 0 Å². The van der Waals surface area contributed by atoms with Gasteiger partial charge in [-0.2, -0.15) is 0 Å². The van der Waals surface area contributed by atoms with Gasteiger partial charge in [0.05, 0.1) is 0 Å². The molecule has 0 radical (unpaired) electrons. The van der Waals surface area contributed by atoms with Crippen LogP contribution in [0, 0.1) is 0 Å². The maximum absolute atomic E-state index is 5.91. The number of hydrogen-bond donors (Lipinski definition) is 1. The first-order valence-electron chi connectivity index (χ1n) is 5.45. The van der Waals surface area contributed by atoms with E-state index in [1.807, 2.05) is 30.3 Å². The van der Waals surface area contributed by atoms with Gasteiger partial charge in [0, 0.05) is 17.7 Å². The predicted octanol–water partition coefficient (Wildman–Crippen LogP) is 2.49. The van der Waals surface area contributed by atoms with E-state index in [9.17, 15) is 0 Å². The third-order valence-electron chi connectivity index (χ3n) is 2.47. The van der Waals surface area contributed by atoms with Gasteiger partial charge < -0.3 is 5.73 Å². The molecule has 2 rings (SSSR count). The lowest BCUT2D eigenvalue weighted by molar-refractivity contribution is 1.08. The molecule has 3 nitrogen and oxygen atoms in total. The molecule has 0 unspecified atom stereocenters. The van der Waals surface area contributed by atoms with Gasteiger partial charge in [0.25, 0.3) is 0 Å². The number of hydrogen-bond acceptors (Lipinski definition) is 2. The predicted molar refractivity (Wildman–Crippen MR) is 67.6 cm³/mol. The fourth-order valence-electron chi connectivity index (χ4n) is 1.57. The first-order valence-corrected chi connectivity index (χ1v) is 5.45. The Morgan fingerprint density at radius 3 is 2.75 bits per heavy atom. The van der Waals surface area contributed by atoms with Gasteiger partial charge in [0.1, 0.15) is 11.7 Å². The van der Waals surface area contributed by atoms with Gasteiger partial charge in [-0.3, -0.25) is 0 Å². The normalized spacial score (nSPS) is 15.9. The molecular weight excluding hydrogens is 198 g/mol. The van der Waals surface area contributed by atoms with E-state index >= 15 is 0 Å². The van der Waals surface area contributed by atoms with Gasteiger partial charge in [-0.15, -0.1) is 0 Å². The lowest BCUT2D eigenvalue weighted by Gasteiger charge is -1.99. The summed E-state index contributed by atoms with van der Waals surface area (Å²) in [6.45, 7) is 2.09. The summed E-state index contributed by atoms with van der Waals surface area (Å²) in [5.41, 5.74) is 7.94. The zero-order chi connectivity index (χ0) is 11.4. The van der Waals surface area contributed by atoms with Crippen molar-refractivity contribution in [2.45, 2.75) is 19.8 Å². The van der Waals surface area contributed by atoms with Crippen LogP contribution in [0.1, 0.15) is 25.3 Å². The quantitative estimate of drug-likeness (QED) is 0.595. The Bertz CT molecular complexity index is 455. The molecule has 0 atom stereocenters. The van der Waals surface area contributed by atoms with Crippen LogP contribution >= 0.6 is 0 Å². The lowest BCUT2D eigenvalue weighted by atomic mass is 10.2. The van der Waals surface area contributed by atoms with Crippen LogP contribution in [0.2, 0.25) is 0 Å². The maximum Gasteiger partial charge on any atom is 0.134 e. The molecule has 16 heavy (non-hydrogen) atoms. The number of aliphatic imine (C=N–C) groups is 2. The van der Waals surface area contributed by atoms with Crippen molar-refractivity contribution in [2.75, 3.05) is 0 Å². The standard InChI is InChI=1S/C13H15N3/c1-2-11-8-9-12(15-11)16-13(14)10-6-4-3-5-7-10/h3-8H,2,9H2,1H3,(H2,14,15,16). The van der Waals surface area contributed by atoms with Gasteiger partial charge in [-0.1, -0.05) is 43.3 Å². The van der Waals surface area contributed by atoms with Crippen LogP contribution < -0.4 is 5.73 Å². The van der Waals surface area contributed by atoms with E-state index < -0.39 is 0 Å². The molecule has 82 valence electrons. The number of rotatable bonds is 2. The Morgan fingerprint density at radius 2 is 2.12 bits per heavy atom. The molecule has 0 spiro atoms. The second kappa shape index (κ2) is 4.75. The minimum atomic E-state index is 0.533. The molecular formula is C13H15N3. The number of nitrogens with two attached hydrogens (primary N) is 1. The summed E-state index contributed by atoms with van der Waals surface area (Å²) >= 11 is 0. The second-order valence-corrected chi connectivity index (χ2v) is 3.64. The average molecular weight is 213 g/mol. The van der Waals surface area contributed by atoms with Crippen molar-refractivity contribution in [2.24, 2.45) is 15.7 Å². The van der Waals surface area contributed by atoms with Crippen LogP contribution in [-0.4, -0.2) is 11.7 Å². The van der Waals surface area contributed by atoms with Crippen molar-refractivity contribution >= 4 is 11.7 Å². The van der Waals surface area contributed by atoms with Gasteiger partial charge >= 0.3 is 0 Å². The molecule has 0 amide bonds. The molecule has 0 aliphatic carbocycles. The molecule has 2 N–H and O–H groups in total. The highest BCUT2D eigenvalue weighted by molar-refractivity contribution is 6.06. The first-order chi connectivity index (χ1) is 7.79. The molecule has 0 fully saturated rings. The van der Waals surface area contributed by atoms with Crippen molar-refractivity contribution in [3.05, 3.63) is 47.7 Å². The Labute approximate surface area is 95.4 Å². The van der Waals surface area contributed by atoms with Gasteiger partial charge in [-0.25, -0.2) is 9.98 Å². The zero-order valence-electron chi connectivity index (χ0n) is 9.35. The number of allylic oxidation sites excluding steroid dienone is 1. The minimum Gasteiger partial charge on any atom is -0.383 e. The Morgan fingerprint density at radius 1 is 1.38 bits per heavy atom. The maximum atomic E-state index is 5.91. The fourth-order valence-corrected chi connectivity index (χ4v) is 1.57. The topological polar surface area (TPSA) is 50.7 Å². The van der Waals surface area contributed by atoms with Crippen LogP contribution in [0.15, 0.2) is 52.1 Å². The van der Waals surface area contributed by atoms with Crippen molar-refractivity contribution in [3.63, 3.8) is 0 Å². The van der Waals surface area contributed by atoms with Crippen LogP contribution in [0.5, 0.6) is 0 Å². The van der Waals surface area contributed by atoms with E-state index in [1.54, 1.807) is 0 Å². The summed E-state index contributed by atoms with van der Waals surface area (Å²) in [5, 5.41) is 0. The third-order valence-corrected chi connectivity index (χ3v) is 2.47. The highest BCUT2D eigenvalue weighted by Crippen LogP contribution is 2.14. The zero-order valence-corrected chi connectivity index (χ0v) is 9.35. The van der Waals surface area contributed by atoms with E-state index in [0.717, 1.165) is 29.9 Å². The number of nitrogens with zero attached hydrogens (tertiary/aromatic N) is 2. The highest BCUT2D eigenvalue weighted by Gasteiger charge is 2.07. The Balaban J connectivity index is 2.15. The first kappa shape index (κ1) is 10.6. The molecule has 1 aromatic carbocycles. The van der Waals surface area contributed by atoms with Crippen LogP contribution in [0.4, 0.5) is 0 Å². The van der Waals surface area contributed by atoms with Crippen LogP contribution in [-0.2, 0) is 0 Å². The van der Waals surface area contributed by atoms with Crippen molar-refractivity contribution in [3.8, 4) is 0 Å². The highest BCUT2D eigenvalue weighted by atomic mass is 15.0. The molecule has 1 aliphatic rings. The summed E-state index contributed by atoms with van der Waals surface area (Å²) in [4.78, 5) is 8.72. The number of amidine groups is 2. The smallest absolute Gasteiger partial charge is 0.134 e. The Hall–Kier alpha value is -1.90. The summed E-state index contributed by atoms with van der Waals surface area (Å²) in [6.07, 6.45) is 3.83. The molecule has 1 heterocycles. The largest absolute Gasteiger partial charge is 0.383 e. The fraction of sp³-hybridized carbons (Fsp3) is 0.231. The van der Waals surface area contributed by atoms with Crippen LogP contribution in [0.3, 0.4) is 0 Å². The Kier molecular flexibility index (Phi) is 3.15. The van der Waals surface area contributed by atoms with E-state index in [1.165, 1.54) is 0 Å². The minimum absolute atomic E-state index is 0.533. The van der Waals surface area contributed by atoms with E-state index in [-0.39, 0.29) is 0 Å². The summed E-state index contributed by atoms with van der Waals surface area (Å²) in [6, 6.07) is 9.75. The van der Waals surface area contributed by atoms with Gasteiger partial charge in [-0.05, 0) is 6.42 Å². The SMILES string of the molecule is CCC1=CCC(N=C(N)c2ccccc2)=N1. The van der Waals surface area contributed by atoms with E-state index in [2.05, 4.69) is 23.0 Å². The molecule has 3 heteroatoms. The molecule has 1 aromatic rings. The average Bonchev–Trinajstić information content (AvgIpc) is 2.78. The summed E-state index contributed by atoms with van der Waals surface area (Å²) in [7, 11) is 0. The van der Waals surface area contributed by atoms with Gasteiger partial charge in [0.15, 0.2) is 0 Å². The molecule has 1 aliphatic heterocycles. The number of benzene rings is 1. The summed E-state index contributed by atoms with van der Waals surface area (Å²) < 4.78 is 0. The van der Waals surface area contributed by atoms with E-state index in [4.69, 9.17) is 5.73 Å². The third kappa shape index (κ3) is 2.37. The van der Waals surface area contributed by atoms with E-state index in [0.29, 0.717) is 5.84 Å². The van der Waals surface area contributed by atoms with Crippen molar-refractivity contribution in [1.82, 2.24) is 0 Å². The van der Waals surface area contributed by atoms with Crippen molar-refractivity contribution < 1.29 is 0 Å². The molecule has 0 saturated carbocycles. The lowest BCUT2D eigenvalue weighted by Crippen LogP contribution is -2.15.